The fourth-order valence-corrected chi connectivity index (χ4v) is 4.54. The predicted molar refractivity (Wildman–Crippen MR) is 144 cm³/mol. The number of amides is 1. The van der Waals surface area contributed by atoms with E-state index in [0.717, 1.165) is 17.7 Å². The van der Waals surface area contributed by atoms with Crippen LogP contribution in [-0.4, -0.2) is 35.3 Å². The summed E-state index contributed by atoms with van der Waals surface area (Å²) in [5.41, 5.74) is 1.17. The highest BCUT2D eigenvalue weighted by Gasteiger charge is 2.39. The second-order valence-corrected chi connectivity index (χ2v) is 10.9. The van der Waals surface area contributed by atoms with Crippen LogP contribution >= 0.6 is 11.6 Å². The van der Waals surface area contributed by atoms with Crippen LogP contribution in [0, 0.1) is 5.82 Å². The number of hydrogen-bond donors (Lipinski definition) is 6. The standard InChI is InChI=1S/C25H21ClF4N4O2.H2O4S/c1-24(2)11-15-19-18(32-23(33-19)34-20-16(26)4-3-5-17(20)27)10-14(21(15)36-24)22(35)31-13-8-6-12(7-9-13)25(28,29)30;1-5(2,3)4/h3-10,23,32-34H,11H2,1-2H3,(H,31,35);(H2,1,2,3,4). The van der Waals surface area contributed by atoms with Gasteiger partial charge in [-0.1, -0.05) is 17.7 Å². The van der Waals surface area contributed by atoms with Gasteiger partial charge in [-0.15, -0.1) is 0 Å². The molecule has 1 unspecified atom stereocenters. The first kappa shape index (κ1) is 30.2. The first-order valence-electron chi connectivity index (χ1n) is 11.7. The molecule has 3 aromatic carbocycles. The van der Waals surface area contributed by atoms with Gasteiger partial charge in [-0.05, 0) is 56.3 Å². The number of alkyl halides is 3. The van der Waals surface area contributed by atoms with Gasteiger partial charge < -0.3 is 26.0 Å². The third-order valence-corrected chi connectivity index (χ3v) is 6.23. The maximum absolute atomic E-state index is 14.3. The van der Waals surface area contributed by atoms with Gasteiger partial charge in [-0.2, -0.15) is 21.6 Å². The Morgan fingerprint density at radius 1 is 1.12 bits per heavy atom. The molecule has 5 rings (SSSR count). The quantitative estimate of drug-likeness (QED) is 0.152. The van der Waals surface area contributed by atoms with E-state index in [2.05, 4.69) is 21.3 Å². The summed E-state index contributed by atoms with van der Waals surface area (Å²) in [7, 11) is -4.67. The van der Waals surface area contributed by atoms with Gasteiger partial charge >= 0.3 is 16.6 Å². The molecule has 0 saturated carbocycles. The van der Waals surface area contributed by atoms with Crippen molar-refractivity contribution in [2.75, 3.05) is 21.3 Å². The first-order valence-corrected chi connectivity index (χ1v) is 13.5. The van der Waals surface area contributed by atoms with E-state index in [9.17, 15) is 22.4 Å². The zero-order chi connectivity index (χ0) is 30.3. The average Bonchev–Trinajstić information content (AvgIpc) is 3.38. The summed E-state index contributed by atoms with van der Waals surface area (Å²) in [6, 6.07) is 10.1. The molecule has 220 valence electrons. The summed E-state index contributed by atoms with van der Waals surface area (Å²) in [5, 5.41) is 12.2. The molecule has 2 aliphatic rings. The van der Waals surface area contributed by atoms with Crippen molar-refractivity contribution in [1.82, 2.24) is 0 Å². The topological polar surface area (TPSA) is 149 Å². The van der Waals surface area contributed by atoms with Gasteiger partial charge in [0, 0.05) is 17.7 Å². The Kier molecular flexibility index (Phi) is 8.01. The van der Waals surface area contributed by atoms with E-state index in [-0.39, 0.29) is 22.0 Å². The summed E-state index contributed by atoms with van der Waals surface area (Å²) in [6.45, 7) is 3.77. The van der Waals surface area contributed by atoms with Crippen LogP contribution in [0.4, 0.5) is 40.3 Å². The van der Waals surface area contributed by atoms with Gasteiger partial charge in [0.25, 0.3) is 5.91 Å². The number of nitrogens with one attached hydrogen (secondary N) is 4. The summed E-state index contributed by atoms with van der Waals surface area (Å²) in [5.74, 6) is -0.683. The van der Waals surface area contributed by atoms with E-state index in [1.807, 2.05) is 13.8 Å². The Bertz CT molecular complexity index is 1570. The van der Waals surface area contributed by atoms with Crippen LogP contribution in [-0.2, 0) is 23.0 Å². The summed E-state index contributed by atoms with van der Waals surface area (Å²) in [4.78, 5) is 13.2. The predicted octanol–water partition coefficient (Wildman–Crippen LogP) is 6.04. The lowest BCUT2D eigenvalue weighted by Crippen LogP contribution is -2.32. The van der Waals surface area contributed by atoms with Gasteiger partial charge in [0.1, 0.15) is 17.2 Å². The maximum Gasteiger partial charge on any atom is 0.416 e. The van der Waals surface area contributed by atoms with Crippen molar-refractivity contribution in [3.8, 4) is 5.75 Å². The van der Waals surface area contributed by atoms with Crippen LogP contribution in [0.2, 0.25) is 5.02 Å². The Morgan fingerprint density at radius 2 is 1.76 bits per heavy atom. The van der Waals surface area contributed by atoms with Crippen molar-refractivity contribution in [2.24, 2.45) is 0 Å². The number of carbonyl (C=O) groups is 1. The highest BCUT2D eigenvalue weighted by molar-refractivity contribution is 7.79. The monoisotopic (exact) mass is 618 g/mol. The molecule has 3 aromatic rings. The third-order valence-electron chi connectivity index (χ3n) is 5.91. The molecule has 1 amide bonds. The van der Waals surface area contributed by atoms with E-state index in [0.29, 0.717) is 23.5 Å². The molecule has 2 aliphatic heterocycles. The summed E-state index contributed by atoms with van der Waals surface area (Å²) in [6.07, 6.45) is -4.61. The van der Waals surface area contributed by atoms with Crippen LogP contribution < -0.4 is 26.0 Å². The Hall–Kier alpha value is -3.79. The highest BCUT2D eigenvalue weighted by Crippen LogP contribution is 2.48. The molecular weight excluding hydrogens is 596 g/mol. The number of fused-ring (bicyclic) bond motifs is 3. The largest absolute Gasteiger partial charge is 0.486 e. The van der Waals surface area contributed by atoms with Crippen molar-refractivity contribution >= 4 is 50.7 Å². The van der Waals surface area contributed by atoms with Gasteiger partial charge in [0.15, 0.2) is 6.29 Å². The molecule has 2 heterocycles. The number of hydrogen-bond acceptors (Lipinski definition) is 7. The van der Waals surface area contributed by atoms with E-state index >= 15 is 0 Å². The van der Waals surface area contributed by atoms with Crippen LogP contribution in [0.15, 0.2) is 48.5 Å². The van der Waals surface area contributed by atoms with Gasteiger partial charge in [-0.25, -0.2) is 4.39 Å². The number of para-hydroxylation sites is 1. The highest BCUT2D eigenvalue weighted by atomic mass is 35.5. The zero-order valence-electron chi connectivity index (χ0n) is 21.2. The second kappa shape index (κ2) is 10.9. The minimum Gasteiger partial charge on any atom is -0.486 e. The molecule has 16 heteroatoms. The van der Waals surface area contributed by atoms with Crippen LogP contribution in [0.1, 0.15) is 35.3 Å². The molecular formula is C25H23ClF4N4O6S. The van der Waals surface area contributed by atoms with Gasteiger partial charge in [-0.3, -0.25) is 13.9 Å². The molecule has 0 spiro atoms. The molecule has 41 heavy (non-hydrogen) atoms. The maximum atomic E-state index is 14.3. The molecule has 0 radical (unpaired) electrons. The lowest BCUT2D eigenvalue weighted by Gasteiger charge is -2.18. The lowest BCUT2D eigenvalue weighted by molar-refractivity contribution is -0.137. The Labute approximate surface area is 236 Å². The molecule has 0 aromatic heterocycles. The number of carbonyl (C=O) groups excluding carboxylic acids is 1. The normalized spacial score (nSPS) is 16.7. The Balaban J connectivity index is 0.000000714. The van der Waals surface area contributed by atoms with Crippen LogP contribution in [0.3, 0.4) is 0 Å². The lowest BCUT2D eigenvalue weighted by atomic mass is 9.97. The smallest absolute Gasteiger partial charge is 0.416 e. The number of ether oxygens (including phenoxy) is 1. The molecule has 0 aliphatic carbocycles. The third kappa shape index (κ3) is 7.30. The second-order valence-electron chi connectivity index (χ2n) is 9.63. The summed E-state index contributed by atoms with van der Waals surface area (Å²) >= 11 is 6.14. The summed E-state index contributed by atoms with van der Waals surface area (Å²) < 4.78 is 90.5. The molecule has 0 fully saturated rings. The van der Waals surface area contributed by atoms with E-state index < -0.39 is 45.8 Å². The average molecular weight is 619 g/mol. The van der Waals surface area contributed by atoms with E-state index in [1.54, 1.807) is 12.1 Å². The van der Waals surface area contributed by atoms with E-state index in [4.69, 9.17) is 33.9 Å². The Morgan fingerprint density at radius 3 is 2.34 bits per heavy atom. The van der Waals surface area contributed by atoms with Crippen LogP contribution in [0.5, 0.6) is 5.75 Å². The zero-order valence-corrected chi connectivity index (χ0v) is 22.8. The number of rotatable bonds is 4. The number of halogens is 5. The van der Waals surface area contributed by atoms with Gasteiger partial charge in [0.05, 0.1) is 33.2 Å². The minimum atomic E-state index is -4.67. The van der Waals surface area contributed by atoms with Gasteiger partial charge in [0.2, 0.25) is 0 Å². The number of anilines is 4. The fraction of sp³-hybridized carbons (Fsp3) is 0.240. The molecule has 0 saturated heterocycles. The van der Waals surface area contributed by atoms with Crippen molar-refractivity contribution in [2.45, 2.75) is 38.3 Å². The van der Waals surface area contributed by atoms with Crippen molar-refractivity contribution < 1.29 is 44.6 Å². The van der Waals surface area contributed by atoms with E-state index in [1.165, 1.54) is 24.3 Å². The number of benzene rings is 3. The fourth-order valence-electron chi connectivity index (χ4n) is 4.32. The van der Waals surface area contributed by atoms with Crippen molar-refractivity contribution in [3.05, 3.63) is 76.1 Å². The van der Waals surface area contributed by atoms with Crippen molar-refractivity contribution in [3.63, 3.8) is 0 Å². The molecule has 0 bridgehead atoms. The molecule has 6 N–H and O–H groups in total. The van der Waals surface area contributed by atoms with Crippen molar-refractivity contribution in [1.29, 1.82) is 0 Å². The van der Waals surface area contributed by atoms with Crippen LogP contribution in [0.25, 0.3) is 0 Å². The minimum absolute atomic E-state index is 0.116. The molecule has 10 nitrogen and oxygen atoms in total. The molecule has 1 atom stereocenters. The first-order chi connectivity index (χ1) is 18.9. The SMILES string of the molecule is CC1(C)Cc2c3c(cc(C(=O)Nc4ccc(C(F)(F)F)cc4)c2O1)NC(Nc1c(F)cccc1Cl)N3.O=S(=O)(O)O.